The van der Waals surface area contributed by atoms with Gasteiger partial charge in [0.25, 0.3) is 11.6 Å². The molecule has 9 nitrogen and oxygen atoms in total. The zero-order valence-corrected chi connectivity index (χ0v) is 19.5. The van der Waals surface area contributed by atoms with Crippen LogP contribution in [0.4, 0.5) is 5.69 Å². The molecule has 0 saturated heterocycles. The summed E-state index contributed by atoms with van der Waals surface area (Å²) < 4.78 is 12.2. The van der Waals surface area contributed by atoms with Gasteiger partial charge in [-0.15, -0.1) is 11.3 Å². The molecule has 0 spiro atoms. The van der Waals surface area contributed by atoms with Crippen LogP contribution in [-0.2, 0) is 4.79 Å². The van der Waals surface area contributed by atoms with Gasteiger partial charge in [-0.2, -0.15) is 5.10 Å². The number of nitro benzene ring substituents is 1. The topological polar surface area (TPSA) is 111 Å². The number of amides is 1. The summed E-state index contributed by atoms with van der Waals surface area (Å²) in [5.74, 6) is 1.35. The van der Waals surface area contributed by atoms with Gasteiger partial charge in [0.2, 0.25) is 0 Å². The van der Waals surface area contributed by atoms with Crippen LogP contribution in [0.3, 0.4) is 0 Å². The third-order valence-corrected chi connectivity index (χ3v) is 7.49. The highest BCUT2D eigenvalue weighted by Gasteiger charge is 2.34. The quantitative estimate of drug-likeness (QED) is 0.195. The number of hydrogen-bond acceptors (Lipinski definition) is 9. The number of benzene rings is 2. The Morgan fingerprint density at radius 1 is 1.29 bits per heavy atom. The molecule has 172 valence electrons. The van der Waals surface area contributed by atoms with Crippen LogP contribution in [0.2, 0.25) is 0 Å². The Bertz CT molecular complexity index is 1380. The minimum atomic E-state index is -0.434. The number of aromatic nitrogens is 1. The van der Waals surface area contributed by atoms with Gasteiger partial charge in [-0.25, -0.2) is 9.99 Å². The first-order valence-electron chi connectivity index (χ1n) is 10.3. The highest BCUT2D eigenvalue weighted by molar-refractivity contribution is 8.01. The molecule has 1 aliphatic heterocycles. The first kappa shape index (κ1) is 22.1. The zero-order valence-electron chi connectivity index (χ0n) is 17.9. The van der Waals surface area contributed by atoms with Gasteiger partial charge in [0.15, 0.2) is 4.34 Å². The molecule has 0 radical (unpaired) electrons. The molecule has 0 N–H and O–H groups in total. The summed E-state index contributed by atoms with van der Waals surface area (Å²) in [6, 6.07) is 15.4. The average molecular weight is 495 g/mol. The number of carbonyl (C=O) groups excluding carboxylic acids is 1. The minimum absolute atomic E-state index is 0.0162. The molecular formula is C23H18N4O5S2. The SMILES string of the molecule is COc1ccc(C2=NN(C(=O)CSc3nc4ccc([N+](=O)[O-])cc4s3)[C@@H](c3ccco3)C2)cc1. The summed E-state index contributed by atoms with van der Waals surface area (Å²) in [6.07, 6.45) is 2.11. The van der Waals surface area contributed by atoms with Crippen LogP contribution in [0.5, 0.6) is 5.75 Å². The lowest BCUT2D eigenvalue weighted by Crippen LogP contribution is -2.28. The van der Waals surface area contributed by atoms with Gasteiger partial charge in [0, 0.05) is 18.6 Å². The van der Waals surface area contributed by atoms with Gasteiger partial charge in [0.05, 0.1) is 40.0 Å². The maximum atomic E-state index is 13.2. The van der Waals surface area contributed by atoms with E-state index in [0.717, 1.165) is 17.0 Å². The molecule has 5 rings (SSSR count). The molecule has 2 aromatic heterocycles. The molecular weight excluding hydrogens is 476 g/mol. The molecule has 1 amide bonds. The number of nitro groups is 1. The second kappa shape index (κ2) is 9.27. The van der Waals surface area contributed by atoms with Crippen LogP contribution < -0.4 is 4.74 Å². The molecule has 4 aromatic rings. The third-order valence-electron chi connectivity index (χ3n) is 5.34. The summed E-state index contributed by atoms with van der Waals surface area (Å²) in [7, 11) is 1.61. The number of rotatable bonds is 7. The number of hydrogen-bond donors (Lipinski definition) is 0. The van der Waals surface area contributed by atoms with E-state index in [1.165, 1.54) is 40.2 Å². The van der Waals surface area contributed by atoms with Gasteiger partial charge < -0.3 is 9.15 Å². The van der Waals surface area contributed by atoms with Gasteiger partial charge in [-0.05, 0) is 48.0 Å². The first-order chi connectivity index (χ1) is 16.5. The van der Waals surface area contributed by atoms with E-state index in [4.69, 9.17) is 9.15 Å². The molecule has 0 fully saturated rings. The third kappa shape index (κ3) is 4.39. The lowest BCUT2D eigenvalue weighted by Gasteiger charge is -2.19. The first-order valence-corrected chi connectivity index (χ1v) is 12.1. The van der Waals surface area contributed by atoms with Crippen molar-refractivity contribution in [2.24, 2.45) is 5.10 Å². The Hall–Kier alpha value is -3.70. The second-order valence-electron chi connectivity index (χ2n) is 7.43. The molecule has 0 bridgehead atoms. The number of hydrazone groups is 1. The largest absolute Gasteiger partial charge is 0.497 e. The Balaban J connectivity index is 1.35. The fourth-order valence-electron chi connectivity index (χ4n) is 3.66. The Morgan fingerprint density at radius 2 is 2.12 bits per heavy atom. The van der Waals surface area contributed by atoms with Crippen LogP contribution in [0, 0.1) is 10.1 Å². The van der Waals surface area contributed by atoms with E-state index < -0.39 is 4.92 Å². The van der Waals surface area contributed by atoms with E-state index in [-0.39, 0.29) is 23.4 Å². The van der Waals surface area contributed by atoms with E-state index in [9.17, 15) is 14.9 Å². The monoisotopic (exact) mass is 494 g/mol. The number of fused-ring (bicyclic) bond motifs is 1. The smallest absolute Gasteiger partial charge is 0.270 e. The standard InChI is InChI=1S/C23H18N4O5S2/c1-31-16-7-4-14(5-8-16)18-12-19(20-3-2-10-32-20)26(25-18)22(28)13-33-23-24-17-9-6-15(27(29)30)11-21(17)34-23/h2-11,19H,12-13H2,1H3/t19-/m1/s1. The summed E-state index contributed by atoms with van der Waals surface area (Å²) in [6.45, 7) is 0. The van der Waals surface area contributed by atoms with Gasteiger partial charge in [-0.1, -0.05) is 11.8 Å². The van der Waals surface area contributed by atoms with Gasteiger partial charge in [0.1, 0.15) is 17.6 Å². The van der Waals surface area contributed by atoms with Crippen LogP contribution in [-0.4, -0.2) is 39.4 Å². The van der Waals surface area contributed by atoms with E-state index >= 15 is 0 Å². The van der Waals surface area contributed by atoms with E-state index in [0.29, 0.717) is 26.7 Å². The summed E-state index contributed by atoms with van der Waals surface area (Å²) in [5.41, 5.74) is 2.38. The number of thiazole rings is 1. The zero-order chi connectivity index (χ0) is 23.7. The number of ether oxygens (including phenoxy) is 1. The molecule has 11 heteroatoms. The number of nitrogens with zero attached hydrogens (tertiary/aromatic N) is 4. The van der Waals surface area contributed by atoms with Crippen molar-refractivity contribution < 1.29 is 18.9 Å². The summed E-state index contributed by atoms with van der Waals surface area (Å²) >= 11 is 2.61. The van der Waals surface area contributed by atoms with E-state index in [2.05, 4.69) is 10.1 Å². The number of thioether (sulfide) groups is 1. The van der Waals surface area contributed by atoms with Crippen molar-refractivity contribution in [1.82, 2.24) is 9.99 Å². The van der Waals surface area contributed by atoms with Crippen molar-refractivity contribution >= 4 is 50.6 Å². The number of methoxy groups -OCH3 is 1. The predicted octanol–water partition coefficient (Wildman–Crippen LogP) is 5.28. The Labute approximate surface area is 202 Å². The van der Waals surface area contributed by atoms with Crippen molar-refractivity contribution in [3.05, 3.63) is 82.3 Å². The van der Waals surface area contributed by atoms with Crippen molar-refractivity contribution in [3.63, 3.8) is 0 Å². The maximum absolute atomic E-state index is 13.2. The van der Waals surface area contributed by atoms with Crippen LogP contribution in [0.15, 0.2) is 74.7 Å². The number of non-ortho nitro benzene ring substituents is 1. The van der Waals surface area contributed by atoms with Crippen LogP contribution in [0.25, 0.3) is 10.2 Å². The Kier molecular flexibility index (Phi) is 6.03. The maximum Gasteiger partial charge on any atom is 0.270 e. The second-order valence-corrected chi connectivity index (χ2v) is 9.68. The lowest BCUT2D eigenvalue weighted by molar-refractivity contribution is -0.384. The average Bonchev–Trinajstić information content (AvgIpc) is 3.61. The van der Waals surface area contributed by atoms with Crippen molar-refractivity contribution in [2.75, 3.05) is 12.9 Å². The fraction of sp³-hybridized carbons (Fsp3) is 0.174. The Morgan fingerprint density at radius 3 is 2.82 bits per heavy atom. The molecule has 2 aromatic carbocycles. The molecule has 1 aliphatic rings. The number of carbonyl (C=O) groups is 1. The van der Waals surface area contributed by atoms with Gasteiger partial charge in [-0.3, -0.25) is 14.9 Å². The predicted molar refractivity (Wildman–Crippen MR) is 129 cm³/mol. The van der Waals surface area contributed by atoms with E-state index in [1.807, 2.05) is 30.3 Å². The summed E-state index contributed by atoms with van der Waals surface area (Å²) in [5, 5.41) is 17.1. The molecule has 0 unspecified atom stereocenters. The van der Waals surface area contributed by atoms with Crippen LogP contribution in [0.1, 0.15) is 23.8 Å². The van der Waals surface area contributed by atoms with Crippen molar-refractivity contribution in [3.8, 4) is 5.75 Å². The highest BCUT2D eigenvalue weighted by Crippen LogP contribution is 2.36. The van der Waals surface area contributed by atoms with Crippen molar-refractivity contribution in [1.29, 1.82) is 0 Å². The van der Waals surface area contributed by atoms with E-state index in [1.54, 1.807) is 25.5 Å². The van der Waals surface area contributed by atoms with Crippen molar-refractivity contribution in [2.45, 2.75) is 16.8 Å². The molecule has 0 saturated carbocycles. The molecule has 1 atom stereocenters. The molecule has 3 heterocycles. The number of furan rings is 1. The molecule has 34 heavy (non-hydrogen) atoms. The van der Waals surface area contributed by atoms with Crippen LogP contribution >= 0.6 is 23.1 Å². The van der Waals surface area contributed by atoms with Gasteiger partial charge >= 0.3 is 0 Å². The highest BCUT2D eigenvalue weighted by atomic mass is 32.2. The minimum Gasteiger partial charge on any atom is -0.497 e. The lowest BCUT2D eigenvalue weighted by atomic mass is 10.0. The summed E-state index contributed by atoms with van der Waals surface area (Å²) in [4.78, 5) is 28.2. The normalized spacial score (nSPS) is 15.5. The fourth-order valence-corrected chi connectivity index (χ4v) is 5.61. The molecule has 0 aliphatic carbocycles.